The molecule has 1 aromatic heterocycles. The van der Waals surface area contributed by atoms with Gasteiger partial charge in [0.2, 0.25) is 0 Å². The summed E-state index contributed by atoms with van der Waals surface area (Å²) in [7, 11) is 0. The maximum Gasteiger partial charge on any atom is 0.270 e. The normalized spacial score (nSPS) is 10.3. The number of carbonyl (C=O) groups is 2. The lowest BCUT2D eigenvalue weighted by Crippen LogP contribution is -2.27. The monoisotopic (exact) mass is 373 g/mol. The molecule has 1 heterocycles. The van der Waals surface area contributed by atoms with Crippen molar-refractivity contribution >= 4 is 11.8 Å². The van der Waals surface area contributed by atoms with Crippen LogP contribution in [0.15, 0.2) is 72.9 Å². The van der Waals surface area contributed by atoms with E-state index in [4.69, 9.17) is 0 Å². The van der Waals surface area contributed by atoms with E-state index in [-0.39, 0.29) is 17.5 Å². The number of hydrogen-bond acceptors (Lipinski definition) is 3. The summed E-state index contributed by atoms with van der Waals surface area (Å²) in [5.41, 5.74) is 3.96. The third-order valence-electron chi connectivity index (χ3n) is 4.33. The van der Waals surface area contributed by atoms with Gasteiger partial charge in [0, 0.05) is 24.8 Å². The van der Waals surface area contributed by atoms with Crippen molar-refractivity contribution in [3.8, 4) is 0 Å². The summed E-state index contributed by atoms with van der Waals surface area (Å²) in [6.07, 6.45) is 2.23. The summed E-state index contributed by atoms with van der Waals surface area (Å²) in [5.74, 6) is -0.522. The van der Waals surface area contributed by atoms with Crippen molar-refractivity contribution < 1.29 is 9.59 Å². The molecule has 0 fully saturated rings. The molecule has 3 rings (SSSR count). The van der Waals surface area contributed by atoms with E-state index in [1.165, 1.54) is 12.3 Å². The van der Waals surface area contributed by atoms with Crippen molar-refractivity contribution in [1.82, 2.24) is 15.6 Å². The first-order valence-electron chi connectivity index (χ1n) is 9.24. The topological polar surface area (TPSA) is 71.1 Å². The molecule has 0 atom stereocenters. The van der Waals surface area contributed by atoms with Gasteiger partial charge in [-0.3, -0.25) is 14.6 Å². The predicted molar refractivity (Wildman–Crippen MR) is 109 cm³/mol. The van der Waals surface area contributed by atoms with Crippen LogP contribution in [0, 0.1) is 6.92 Å². The van der Waals surface area contributed by atoms with Gasteiger partial charge in [0.25, 0.3) is 11.8 Å². The Hall–Kier alpha value is -3.47. The summed E-state index contributed by atoms with van der Waals surface area (Å²) < 4.78 is 0. The van der Waals surface area contributed by atoms with Crippen LogP contribution in [0.3, 0.4) is 0 Å². The highest BCUT2D eigenvalue weighted by Crippen LogP contribution is 2.06. The number of rotatable bonds is 7. The number of aryl methyl sites for hydroxylation is 1. The van der Waals surface area contributed by atoms with Gasteiger partial charge in [-0.2, -0.15) is 0 Å². The van der Waals surface area contributed by atoms with Crippen LogP contribution < -0.4 is 10.6 Å². The summed E-state index contributed by atoms with van der Waals surface area (Å²) in [4.78, 5) is 28.8. The van der Waals surface area contributed by atoms with Crippen molar-refractivity contribution in [1.29, 1.82) is 0 Å². The highest BCUT2D eigenvalue weighted by Gasteiger charge is 2.11. The van der Waals surface area contributed by atoms with Gasteiger partial charge in [-0.15, -0.1) is 0 Å². The Labute approximate surface area is 164 Å². The number of carbonyl (C=O) groups excluding carboxylic acids is 2. The molecule has 2 amide bonds. The number of nitrogens with one attached hydrogen (secondary N) is 2. The van der Waals surface area contributed by atoms with E-state index < -0.39 is 0 Å². The average molecular weight is 373 g/mol. The second kappa shape index (κ2) is 9.46. The first-order valence-corrected chi connectivity index (χ1v) is 9.24. The van der Waals surface area contributed by atoms with Crippen LogP contribution in [-0.4, -0.2) is 23.3 Å². The number of benzene rings is 2. The standard InChI is InChI=1S/C23H23N3O2/c1-17-6-5-9-19(14-17)16-26-23(28)21-15-20(11-13-24-21)22(27)25-12-10-18-7-3-2-4-8-18/h2-9,11,13-15H,10,12,16H2,1H3,(H,25,27)(H,26,28). The highest BCUT2D eigenvalue weighted by molar-refractivity contribution is 5.98. The minimum atomic E-state index is -0.305. The van der Waals surface area contributed by atoms with E-state index in [9.17, 15) is 9.59 Å². The van der Waals surface area contributed by atoms with Crippen LogP contribution in [0.5, 0.6) is 0 Å². The van der Waals surface area contributed by atoms with Crippen LogP contribution in [0.2, 0.25) is 0 Å². The van der Waals surface area contributed by atoms with E-state index in [0.29, 0.717) is 18.7 Å². The molecule has 0 saturated carbocycles. The van der Waals surface area contributed by atoms with Gasteiger partial charge in [-0.25, -0.2) is 0 Å². The molecule has 0 aliphatic heterocycles. The first-order chi connectivity index (χ1) is 13.6. The zero-order valence-corrected chi connectivity index (χ0v) is 15.8. The molecule has 0 unspecified atom stereocenters. The molecule has 0 bridgehead atoms. The lowest BCUT2D eigenvalue weighted by atomic mass is 10.1. The molecule has 142 valence electrons. The van der Waals surface area contributed by atoms with Crippen molar-refractivity contribution in [2.75, 3.05) is 6.54 Å². The Morgan fingerprint density at radius 3 is 2.43 bits per heavy atom. The summed E-state index contributed by atoms with van der Waals surface area (Å²) >= 11 is 0. The average Bonchev–Trinajstić information content (AvgIpc) is 2.73. The lowest BCUT2D eigenvalue weighted by Gasteiger charge is -2.08. The minimum absolute atomic E-state index is 0.217. The Morgan fingerprint density at radius 2 is 1.64 bits per heavy atom. The molecule has 2 N–H and O–H groups in total. The molecule has 0 aliphatic rings. The Bertz CT molecular complexity index is 955. The van der Waals surface area contributed by atoms with Gasteiger partial charge >= 0.3 is 0 Å². The van der Waals surface area contributed by atoms with Crippen molar-refractivity contribution in [3.05, 3.63) is 101 Å². The SMILES string of the molecule is Cc1cccc(CNC(=O)c2cc(C(=O)NCCc3ccccc3)ccn2)c1. The van der Waals surface area contributed by atoms with Crippen LogP contribution in [0.1, 0.15) is 37.5 Å². The molecule has 28 heavy (non-hydrogen) atoms. The zero-order valence-electron chi connectivity index (χ0n) is 15.8. The minimum Gasteiger partial charge on any atom is -0.352 e. The molecule has 0 aliphatic carbocycles. The van der Waals surface area contributed by atoms with Gasteiger partial charge in [0.1, 0.15) is 5.69 Å². The molecule has 3 aromatic rings. The maximum atomic E-state index is 12.4. The van der Waals surface area contributed by atoms with Gasteiger partial charge in [0.05, 0.1) is 0 Å². The van der Waals surface area contributed by atoms with E-state index in [0.717, 1.165) is 23.1 Å². The number of aromatic nitrogens is 1. The van der Waals surface area contributed by atoms with E-state index in [2.05, 4.69) is 15.6 Å². The summed E-state index contributed by atoms with van der Waals surface area (Å²) in [5, 5.41) is 5.72. The summed E-state index contributed by atoms with van der Waals surface area (Å²) in [6.45, 7) is 2.95. The third-order valence-corrected chi connectivity index (χ3v) is 4.33. The van der Waals surface area contributed by atoms with Gasteiger partial charge in [-0.05, 0) is 36.6 Å². The van der Waals surface area contributed by atoms with Crippen molar-refractivity contribution in [3.63, 3.8) is 0 Å². The van der Waals surface area contributed by atoms with Crippen LogP contribution in [0.4, 0.5) is 0 Å². The Kier molecular flexibility index (Phi) is 6.52. The maximum absolute atomic E-state index is 12.4. The van der Waals surface area contributed by atoms with Gasteiger partial charge in [-0.1, -0.05) is 60.2 Å². The van der Waals surface area contributed by atoms with Gasteiger partial charge in [0.15, 0.2) is 0 Å². The molecule has 2 aromatic carbocycles. The lowest BCUT2D eigenvalue weighted by molar-refractivity contribution is 0.0946. The van der Waals surface area contributed by atoms with Crippen molar-refractivity contribution in [2.24, 2.45) is 0 Å². The van der Waals surface area contributed by atoms with Crippen LogP contribution in [-0.2, 0) is 13.0 Å². The fraction of sp³-hybridized carbons (Fsp3) is 0.174. The molecule has 5 nitrogen and oxygen atoms in total. The number of hydrogen-bond donors (Lipinski definition) is 2. The Balaban J connectivity index is 1.55. The molecule has 0 radical (unpaired) electrons. The largest absolute Gasteiger partial charge is 0.352 e. The van der Waals surface area contributed by atoms with E-state index in [1.54, 1.807) is 6.07 Å². The summed E-state index contributed by atoms with van der Waals surface area (Å²) in [6, 6.07) is 21.0. The fourth-order valence-corrected chi connectivity index (χ4v) is 2.86. The van der Waals surface area contributed by atoms with Crippen molar-refractivity contribution in [2.45, 2.75) is 19.9 Å². The molecule has 0 saturated heterocycles. The quantitative estimate of drug-likeness (QED) is 0.668. The number of pyridine rings is 1. The molecular weight excluding hydrogens is 350 g/mol. The fourth-order valence-electron chi connectivity index (χ4n) is 2.86. The second-order valence-corrected chi connectivity index (χ2v) is 6.59. The predicted octanol–water partition coefficient (Wildman–Crippen LogP) is 3.29. The highest BCUT2D eigenvalue weighted by atomic mass is 16.2. The van der Waals surface area contributed by atoms with E-state index >= 15 is 0 Å². The Morgan fingerprint density at radius 1 is 0.857 bits per heavy atom. The number of amides is 2. The second-order valence-electron chi connectivity index (χ2n) is 6.59. The van der Waals surface area contributed by atoms with Gasteiger partial charge < -0.3 is 10.6 Å². The zero-order chi connectivity index (χ0) is 19.8. The molecule has 0 spiro atoms. The molecule has 5 heteroatoms. The smallest absolute Gasteiger partial charge is 0.270 e. The van der Waals surface area contributed by atoms with Crippen LogP contribution >= 0.6 is 0 Å². The number of nitrogens with zero attached hydrogens (tertiary/aromatic N) is 1. The van der Waals surface area contributed by atoms with Crippen LogP contribution in [0.25, 0.3) is 0 Å². The first kappa shape index (κ1) is 19.3. The molecular formula is C23H23N3O2. The third kappa shape index (κ3) is 5.51. The van der Waals surface area contributed by atoms with E-state index in [1.807, 2.05) is 61.5 Å².